The number of hydrogen-bond acceptors (Lipinski definition) is 3. The third-order valence-electron chi connectivity index (χ3n) is 4.90. The van der Waals surface area contributed by atoms with Crippen molar-refractivity contribution in [1.29, 1.82) is 0 Å². The Kier molecular flexibility index (Phi) is 5.16. The molecule has 0 spiro atoms. The van der Waals surface area contributed by atoms with Gasteiger partial charge in [0.1, 0.15) is 0 Å². The number of esters is 1. The van der Waals surface area contributed by atoms with Crippen LogP contribution in [0.2, 0.25) is 0 Å². The molecule has 1 fully saturated rings. The lowest BCUT2D eigenvalue weighted by Gasteiger charge is -2.14. The molecule has 1 heterocycles. The monoisotopic (exact) mass is 354 g/mol. The number of aryl methyl sites for hydroxylation is 2. The Balaban J connectivity index is 1.63. The summed E-state index contributed by atoms with van der Waals surface area (Å²) in [6.45, 7) is 7.60. The Hall–Kier alpha value is -2.56. The lowest BCUT2D eigenvalue weighted by molar-refractivity contribution is -0.123. The van der Waals surface area contributed by atoms with Gasteiger partial charge in [-0.2, -0.15) is 0 Å². The number of amides is 1. The van der Waals surface area contributed by atoms with Crippen LogP contribution in [0.25, 0.3) is 0 Å². The van der Waals surface area contributed by atoms with Gasteiger partial charge in [-0.25, -0.2) is 4.79 Å². The van der Waals surface area contributed by atoms with Gasteiger partial charge in [0.2, 0.25) is 0 Å². The van der Waals surface area contributed by atoms with Gasteiger partial charge in [0.25, 0.3) is 5.91 Å². The van der Waals surface area contributed by atoms with Gasteiger partial charge in [0, 0.05) is 23.1 Å². The molecule has 1 N–H and O–H groups in total. The highest BCUT2D eigenvalue weighted by atomic mass is 16.5. The number of benzene rings is 1. The molecule has 1 atom stereocenters. The lowest BCUT2D eigenvalue weighted by Crippen LogP contribution is -2.30. The summed E-state index contributed by atoms with van der Waals surface area (Å²) in [5, 5.41) is 2.79. The van der Waals surface area contributed by atoms with Crippen LogP contribution in [-0.2, 0) is 16.0 Å². The molecule has 0 radical (unpaired) electrons. The van der Waals surface area contributed by atoms with Crippen LogP contribution in [0.3, 0.4) is 0 Å². The molecule has 1 aliphatic carbocycles. The first-order valence-electron chi connectivity index (χ1n) is 9.20. The third-order valence-corrected chi connectivity index (χ3v) is 4.90. The molecule has 5 nitrogen and oxygen atoms in total. The van der Waals surface area contributed by atoms with Crippen molar-refractivity contribution in [3.05, 3.63) is 52.8 Å². The van der Waals surface area contributed by atoms with Crippen LogP contribution >= 0.6 is 0 Å². The van der Waals surface area contributed by atoms with Crippen LogP contribution < -0.4 is 5.32 Å². The molecule has 0 bridgehead atoms. The molecule has 1 aliphatic rings. The van der Waals surface area contributed by atoms with Crippen LogP contribution in [0, 0.1) is 13.8 Å². The number of carbonyl (C=O) groups is 2. The highest BCUT2D eigenvalue weighted by molar-refractivity contribution is 5.97. The Bertz CT molecular complexity index is 817. The van der Waals surface area contributed by atoms with E-state index in [0.29, 0.717) is 17.3 Å². The normalized spacial score (nSPS) is 14.8. The number of rotatable bonds is 6. The topological polar surface area (TPSA) is 60.3 Å². The Labute approximate surface area is 154 Å². The van der Waals surface area contributed by atoms with Crippen LogP contribution in [0.1, 0.15) is 60.0 Å². The zero-order valence-electron chi connectivity index (χ0n) is 15.8. The SMILES string of the molecule is CCc1ccc(NC(=O)[C@H](C)OC(=O)c2cc(C)n(C3CC3)c2C)cc1. The van der Waals surface area contributed by atoms with Crippen molar-refractivity contribution in [3.8, 4) is 0 Å². The van der Waals surface area contributed by atoms with E-state index in [2.05, 4.69) is 16.8 Å². The summed E-state index contributed by atoms with van der Waals surface area (Å²) in [7, 11) is 0. The molecule has 0 saturated heterocycles. The van der Waals surface area contributed by atoms with Crippen molar-refractivity contribution >= 4 is 17.6 Å². The molecule has 1 saturated carbocycles. The summed E-state index contributed by atoms with van der Waals surface area (Å²) in [6, 6.07) is 10.0. The zero-order valence-corrected chi connectivity index (χ0v) is 15.8. The number of nitrogens with zero attached hydrogens (tertiary/aromatic N) is 1. The summed E-state index contributed by atoms with van der Waals surface area (Å²) in [5.41, 5.74) is 4.42. The minimum atomic E-state index is -0.864. The van der Waals surface area contributed by atoms with E-state index < -0.39 is 12.1 Å². The van der Waals surface area contributed by atoms with Crippen LogP contribution in [0.4, 0.5) is 5.69 Å². The zero-order chi connectivity index (χ0) is 18.8. The number of hydrogen-bond donors (Lipinski definition) is 1. The molecule has 3 rings (SSSR count). The quantitative estimate of drug-likeness (QED) is 0.792. The van der Waals surface area contributed by atoms with E-state index in [1.165, 1.54) is 5.56 Å². The molecular weight excluding hydrogens is 328 g/mol. The number of aromatic nitrogens is 1. The van der Waals surface area contributed by atoms with Crippen LogP contribution in [0.5, 0.6) is 0 Å². The minimum Gasteiger partial charge on any atom is -0.449 e. The summed E-state index contributed by atoms with van der Waals surface area (Å²) in [4.78, 5) is 24.8. The molecule has 138 valence electrons. The number of nitrogens with one attached hydrogen (secondary N) is 1. The summed E-state index contributed by atoms with van der Waals surface area (Å²) in [5.74, 6) is -0.785. The molecule has 0 aliphatic heterocycles. The fourth-order valence-electron chi connectivity index (χ4n) is 3.22. The first kappa shape index (κ1) is 18.2. The van der Waals surface area contributed by atoms with Gasteiger partial charge in [-0.3, -0.25) is 4.79 Å². The molecule has 2 aromatic rings. The van der Waals surface area contributed by atoms with Crippen molar-refractivity contribution in [2.24, 2.45) is 0 Å². The van der Waals surface area contributed by atoms with Gasteiger partial charge in [-0.05, 0) is 63.8 Å². The number of carbonyl (C=O) groups excluding carboxylic acids is 2. The van der Waals surface area contributed by atoms with E-state index in [-0.39, 0.29) is 5.91 Å². The molecule has 5 heteroatoms. The first-order chi connectivity index (χ1) is 12.4. The van der Waals surface area contributed by atoms with Crippen LogP contribution in [0.15, 0.2) is 30.3 Å². The van der Waals surface area contributed by atoms with Gasteiger partial charge < -0.3 is 14.6 Å². The second-order valence-corrected chi connectivity index (χ2v) is 6.97. The Morgan fingerprint density at radius 2 is 1.88 bits per heavy atom. The van der Waals surface area contributed by atoms with Crippen molar-refractivity contribution < 1.29 is 14.3 Å². The average Bonchev–Trinajstić information content (AvgIpc) is 3.40. The predicted octanol–water partition coefficient (Wildman–Crippen LogP) is 4.19. The van der Waals surface area contributed by atoms with Gasteiger partial charge in [-0.1, -0.05) is 19.1 Å². The van der Waals surface area contributed by atoms with E-state index in [1.54, 1.807) is 6.92 Å². The second-order valence-electron chi connectivity index (χ2n) is 6.97. The fourth-order valence-corrected chi connectivity index (χ4v) is 3.22. The number of anilines is 1. The Morgan fingerprint density at radius 1 is 1.23 bits per heavy atom. The fraction of sp³-hybridized carbons (Fsp3) is 0.429. The number of ether oxygens (including phenoxy) is 1. The van der Waals surface area contributed by atoms with Crippen LogP contribution in [-0.4, -0.2) is 22.5 Å². The third kappa shape index (κ3) is 3.82. The van der Waals surface area contributed by atoms with Crippen molar-refractivity contribution in [2.75, 3.05) is 5.32 Å². The van der Waals surface area contributed by atoms with Crippen molar-refractivity contribution in [3.63, 3.8) is 0 Å². The minimum absolute atomic E-state index is 0.335. The van der Waals surface area contributed by atoms with Gasteiger partial charge in [0.05, 0.1) is 5.56 Å². The van der Waals surface area contributed by atoms with E-state index in [0.717, 1.165) is 30.7 Å². The molecule has 1 amide bonds. The largest absolute Gasteiger partial charge is 0.449 e. The van der Waals surface area contributed by atoms with E-state index in [4.69, 9.17) is 4.74 Å². The Morgan fingerprint density at radius 3 is 2.46 bits per heavy atom. The summed E-state index contributed by atoms with van der Waals surface area (Å²) < 4.78 is 7.59. The van der Waals surface area contributed by atoms with Gasteiger partial charge in [0.15, 0.2) is 6.10 Å². The summed E-state index contributed by atoms with van der Waals surface area (Å²) >= 11 is 0. The average molecular weight is 354 g/mol. The first-order valence-corrected chi connectivity index (χ1v) is 9.20. The van der Waals surface area contributed by atoms with Crippen molar-refractivity contribution in [2.45, 2.75) is 59.1 Å². The maximum absolute atomic E-state index is 12.5. The molecule has 1 aromatic heterocycles. The molecule has 26 heavy (non-hydrogen) atoms. The van der Waals surface area contributed by atoms with E-state index >= 15 is 0 Å². The molecular formula is C21H26N2O3. The van der Waals surface area contributed by atoms with Gasteiger partial charge in [-0.15, -0.1) is 0 Å². The lowest BCUT2D eigenvalue weighted by atomic mass is 10.1. The smallest absolute Gasteiger partial charge is 0.340 e. The highest BCUT2D eigenvalue weighted by Crippen LogP contribution is 2.38. The second kappa shape index (κ2) is 7.36. The predicted molar refractivity (Wildman–Crippen MR) is 102 cm³/mol. The maximum Gasteiger partial charge on any atom is 0.340 e. The standard InChI is InChI=1S/C21H26N2O3/c1-5-16-6-8-17(9-7-16)22-20(24)15(4)26-21(25)19-12-13(2)23(14(19)3)18-10-11-18/h6-9,12,15,18H,5,10-11H2,1-4H3,(H,22,24)/t15-/m0/s1. The molecule has 0 unspecified atom stereocenters. The van der Waals surface area contributed by atoms with E-state index in [1.807, 2.05) is 44.2 Å². The van der Waals surface area contributed by atoms with Gasteiger partial charge >= 0.3 is 5.97 Å². The molecule has 1 aromatic carbocycles. The maximum atomic E-state index is 12.5. The van der Waals surface area contributed by atoms with Crippen molar-refractivity contribution in [1.82, 2.24) is 4.57 Å². The summed E-state index contributed by atoms with van der Waals surface area (Å²) in [6.07, 6.45) is 2.39. The van der Waals surface area contributed by atoms with E-state index in [9.17, 15) is 9.59 Å². The highest BCUT2D eigenvalue weighted by Gasteiger charge is 2.29.